The predicted octanol–water partition coefficient (Wildman–Crippen LogP) is 9.87. The molecule has 3 aromatic carbocycles. The number of ether oxygens (including phenoxy) is 2. The Labute approximate surface area is 283 Å². The molecule has 0 amide bonds. The molecule has 0 atom stereocenters. The van der Waals surface area contributed by atoms with Gasteiger partial charge in [0.2, 0.25) is 0 Å². The number of aryl methyl sites for hydroxylation is 1. The van der Waals surface area contributed by atoms with Crippen molar-refractivity contribution >= 4 is 23.1 Å². The van der Waals surface area contributed by atoms with E-state index in [1.165, 1.54) is 16.7 Å². The normalized spacial score (nSPS) is 16.3. The molecule has 0 unspecified atom stereocenters. The summed E-state index contributed by atoms with van der Waals surface area (Å²) in [5.41, 5.74) is 8.32. The molecular weight excluding hydrogens is 738 g/mol. The van der Waals surface area contributed by atoms with Crippen LogP contribution in [0.3, 0.4) is 0 Å². The first-order valence-electron chi connectivity index (χ1n) is 15.6. The summed E-state index contributed by atoms with van der Waals surface area (Å²) in [5.74, 6) is 3.06. The van der Waals surface area contributed by atoms with Gasteiger partial charge in [-0.05, 0) is 48.4 Å². The van der Waals surface area contributed by atoms with E-state index in [4.69, 9.17) is 19.5 Å². The number of nitrogens with zero attached hydrogens (tertiary/aromatic N) is 3. The third-order valence-electron chi connectivity index (χ3n) is 8.61. The summed E-state index contributed by atoms with van der Waals surface area (Å²) in [5, 5.41) is 0. The molecule has 6 heteroatoms. The maximum absolute atomic E-state index is 6.55. The van der Waals surface area contributed by atoms with Crippen LogP contribution >= 0.6 is 0 Å². The van der Waals surface area contributed by atoms with Gasteiger partial charge in [0.15, 0.2) is 0 Å². The van der Waals surface area contributed by atoms with Crippen molar-refractivity contribution in [3.63, 3.8) is 0 Å². The van der Waals surface area contributed by atoms with E-state index in [2.05, 4.69) is 123 Å². The van der Waals surface area contributed by atoms with Crippen molar-refractivity contribution in [2.45, 2.75) is 91.5 Å². The van der Waals surface area contributed by atoms with Crippen LogP contribution in [0.1, 0.15) is 102 Å². The Morgan fingerprint density at radius 2 is 1.67 bits per heavy atom. The second-order valence-corrected chi connectivity index (χ2v) is 14.7. The largest absolute Gasteiger partial charge is 2.00 e. The molecule has 6 rings (SSSR count). The maximum Gasteiger partial charge on any atom is 2.00 e. The zero-order valence-corrected chi connectivity index (χ0v) is 30.3. The van der Waals surface area contributed by atoms with Gasteiger partial charge in [-0.25, -0.2) is 4.98 Å². The van der Waals surface area contributed by atoms with Gasteiger partial charge in [0.1, 0.15) is 18.3 Å². The molecule has 3 heterocycles. The predicted molar refractivity (Wildman–Crippen MR) is 179 cm³/mol. The first-order valence-corrected chi connectivity index (χ1v) is 15.6. The number of benzene rings is 3. The first-order chi connectivity index (χ1) is 20.6. The van der Waals surface area contributed by atoms with Crippen LogP contribution in [0.2, 0.25) is 0 Å². The van der Waals surface area contributed by atoms with E-state index >= 15 is 0 Å². The van der Waals surface area contributed by atoms with Crippen LogP contribution in [0.15, 0.2) is 65.8 Å². The number of pyridine rings is 1. The molecule has 0 fully saturated rings. The molecule has 0 saturated heterocycles. The minimum atomic E-state index is -0.255. The Hall–Kier alpha value is -3.43. The average Bonchev–Trinajstić information content (AvgIpc) is 3.31. The fourth-order valence-electron chi connectivity index (χ4n) is 6.01. The number of fused-ring (bicyclic) bond motifs is 2. The molecule has 2 aliphatic rings. The van der Waals surface area contributed by atoms with E-state index in [9.17, 15) is 0 Å². The molecule has 0 N–H and O–H groups in total. The minimum absolute atomic E-state index is 0. The standard InChI is InChI=1S/C39H43N3O2.Pt/c1-24(2)26-18-27(36-41-38(7,8)23-43-36)20-31(19-26)44-30-17-25(3)16-29(22-30)42-34-14-13-28(37(4,5)6)21-33(34)39(9,10)32-12-11-15-40-35(32)42;/h11-19,21,24H,23H2,1-10H3;/q-2;+2. The topological polar surface area (TPSA) is 47.0 Å². The Kier molecular flexibility index (Phi) is 8.59. The van der Waals surface area contributed by atoms with Gasteiger partial charge < -0.3 is 14.4 Å². The number of aliphatic imine (C=N–C) groups is 1. The summed E-state index contributed by atoms with van der Waals surface area (Å²) in [7, 11) is 0. The molecule has 1 aromatic heterocycles. The van der Waals surface area contributed by atoms with Gasteiger partial charge in [-0.3, -0.25) is 4.99 Å². The number of anilines is 3. The smallest absolute Gasteiger partial charge is 0.518 e. The Balaban J connectivity index is 0.00000400. The van der Waals surface area contributed by atoms with E-state index in [1.54, 1.807) is 0 Å². The van der Waals surface area contributed by atoms with E-state index < -0.39 is 0 Å². The summed E-state index contributed by atoms with van der Waals surface area (Å²) in [6.07, 6.45) is 1.87. The second kappa shape index (κ2) is 11.7. The van der Waals surface area contributed by atoms with Crippen LogP contribution in [0.5, 0.6) is 11.5 Å². The summed E-state index contributed by atoms with van der Waals surface area (Å²) < 4.78 is 12.5. The van der Waals surface area contributed by atoms with Crippen LogP contribution < -0.4 is 9.64 Å². The van der Waals surface area contributed by atoms with Gasteiger partial charge in [-0.15, -0.1) is 29.8 Å². The molecule has 0 saturated carbocycles. The van der Waals surface area contributed by atoms with E-state index in [0.717, 1.165) is 33.9 Å². The van der Waals surface area contributed by atoms with Crippen LogP contribution in [0.4, 0.5) is 17.2 Å². The van der Waals surface area contributed by atoms with Crippen molar-refractivity contribution in [3.8, 4) is 11.5 Å². The number of rotatable bonds is 5. The van der Waals surface area contributed by atoms with Gasteiger partial charge in [-0.2, -0.15) is 5.56 Å². The van der Waals surface area contributed by atoms with Crippen LogP contribution in [0.25, 0.3) is 0 Å². The Bertz CT molecular complexity index is 1780. The average molecular weight is 781 g/mol. The fraction of sp³-hybridized carbons (Fsp3) is 0.385. The van der Waals surface area contributed by atoms with Crippen molar-refractivity contribution < 1.29 is 30.5 Å². The molecule has 0 radical (unpaired) electrons. The van der Waals surface area contributed by atoms with E-state index in [-0.39, 0.29) is 37.4 Å². The van der Waals surface area contributed by atoms with Crippen molar-refractivity contribution in [2.24, 2.45) is 4.99 Å². The van der Waals surface area contributed by atoms with E-state index in [0.29, 0.717) is 29.9 Å². The zero-order valence-electron chi connectivity index (χ0n) is 28.0. The second-order valence-electron chi connectivity index (χ2n) is 14.7. The number of aromatic nitrogens is 1. The monoisotopic (exact) mass is 780 g/mol. The third kappa shape index (κ3) is 6.34. The molecule has 4 aromatic rings. The molecule has 5 nitrogen and oxygen atoms in total. The van der Waals surface area contributed by atoms with Crippen LogP contribution in [-0.4, -0.2) is 23.0 Å². The van der Waals surface area contributed by atoms with Crippen molar-refractivity contribution in [2.75, 3.05) is 11.5 Å². The maximum atomic E-state index is 6.55. The SMILES string of the molecule is Cc1cc(Oc2[c-]c(C3=NC(C)(C)CO3)cc(C(C)C)c2)[c-]c(N2c3ccc(C(C)(C)C)cc3C(C)(C)c3cccnc32)c1.[Pt+2]. The minimum Gasteiger partial charge on any atom is -0.518 e. The Morgan fingerprint density at radius 3 is 2.33 bits per heavy atom. The quantitative estimate of drug-likeness (QED) is 0.189. The fourth-order valence-corrected chi connectivity index (χ4v) is 6.01. The van der Waals surface area contributed by atoms with Crippen LogP contribution in [0, 0.1) is 19.1 Å². The molecular formula is C39H43N3O2Pt. The van der Waals surface area contributed by atoms with Gasteiger partial charge in [0, 0.05) is 34.4 Å². The molecule has 45 heavy (non-hydrogen) atoms. The molecule has 236 valence electrons. The Morgan fingerprint density at radius 1 is 0.933 bits per heavy atom. The van der Waals surface area contributed by atoms with Crippen molar-refractivity contribution in [1.82, 2.24) is 4.98 Å². The molecule has 0 bridgehead atoms. The van der Waals surface area contributed by atoms with Crippen LogP contribution in [-0.2, 0) is 36.6 Å². The molecule has 0 aliphatic carbocycles. The summed E-state index contributed by atoms with van der Waals surface area (Å²) >= 11 is 0. The number of hydrogen-bond acceptors (Lipinski definition) is 5. The van der Waals surface area contributed by atoms with Crippen molar-refractivity contribution in [3.05, 3.63) is 106 Å². The number of hydrogen-bond donors (Lipinski definition) is 0. The summed E-state index contributed by atoms with van der Waals surface area (Å²) in [4.78, 5) is 11.9. The molecule has 0 spiro atoms. The third-order valence-corrected chi connectivity index (χ3v) is 8.61. The first kappa shape index (κ1) is 32.9. The van der Waals surface area contributed by atoms with Gasteiger partial charge in [0.25, 0.3) is 0 Å². The van der Waals surface area contributed by atoms with E-state index in [1.807, 2.05) is 24.4 Å². The van der Waals surface area contributed by atoms with Gasteiger partial charge >= 0.3 is 21.1 Å². The van der Waals surface area contributed by atoms with Gasteiger partial charge in [-0.1, -0.05) is 97.0 Å². The molecule has 2 aliphatic heterocycles. The zero-order chi connectivity index (χ0) is 31.6. The summed E-state index contributed by atoms with van der Waals surface area (Å²) in [6.45, 7) is 22.5. The van der Waals surface area contributed by atoms with Crippen molar-refractivity contribution in [1.29, 1.82) is 0 Å². The summed E-state index contributed by atoms with van der Waals surface area (Å²) in [6, 6.07) is 26.4. The van der Waals surface area contributed by atoms with Gasteiger partial charge in [0.05, 0.1) is 5.54 Å².